The number of primary amides is 1. The monoisotopic (exact) mass is 435 g/mol. The summed E-state index contributed by atoms with van der Waals surface area (Å²) in [5, 5.41) is 6.56. The molecule has 0 aliphatic heterocycles. The number of para-hydroxylation sites is 1. The van der Waals surface area contributed by atoms with Crippen LogP contribution in [0.1, 0.15) is 22.1 Å². The van der Waals surface area contributed by atoms with E-state index >= 15 is 0 Å². The molecular formula is C22H18FN5O2S. The van der Waals surface area contributed by atoms with E-state index in [1.54, 1.807) is 22.3 Å². The molecule has 0 radical (unpaired) electrons. The van der Waals surface area contributed by atoms with Gasteiger partial charge in [0, 0.05) is 24.2 Å². The second kappa shape index (κ2) is 8.49. The molecule has 7 nitrogen and oxygen atoms in total. The number of nitrogens with zero attached hydrogens (tertiary/aromatic N) is 4. The van der Waals surface area contributed by atoms with Crippen LogP contribution in [-0.4, -0.2) is 38.5 Å². The first kappa shape index (κ1) is 20.4. The highest BCUT2D eigenvalue weighted by Crippen LogP contribution is 2.27. The Labute approximate surface area is 181 Å². The highest BCUT2D eigenvalue weighted by atomic mass is 32.1. The van der Waals surface area contributed by atoms with Crippen molar-refractivity contribution in [3.05, 3.63) is 89.4 Å². The lowest BCUT2D eigenvalue weighted by Gasteiger charge is -2.25. The van der Waals surface area contributed by atoms with Gasteiger partial charge in [0.1, 0.15) is 22.6 Å². The number of hydrogen-bond acceptors (Lipinski definition) is 5. The van der Waals surface area contributed by atoms with Crippen molar-refractivity contribution >= 4 is 23.2 Å². The normalized spacial score (nSPS) is 11.8. The Bertz CT molecular complexity index is 1240. The molecule has 0 spiro atoms. The highest BCUT2D eigenvalue weighted by molar-refractivity contribution is 7.13. The van der Waals surface area contributed by atoms with Crippen molar-refractivity contribution in [2.45, 2.75) is 6.04 Å². The Hall–Kier alpha value is -3.85. The van der Waals surface area contributed by atoms with E-state index in [0.717, 1.165) is 11.3 Å². The van der Waals surface area contributed by atoms with Gasteiger partial charge in [-0.25, -0.2) is 14.1 Å². The summed E-state index contributed by atoms with van der Waals surface area (Å²) in [5.74, 6) is -1.77. The van der Waals surface area contributed by atoms with Gasteiger partial charge in [-0.1, -0.05) is 30.3 Å². The molecule has 1 unspecified atom stereocenters. The lowest BCUT2D eigenvalue weighted by molar-refractivity contribution is -0.122. The van der Waals surface area contributed by atoms with Crippen LogP contribution in [0.4, 0.5) is 4.39 Å². The van der Waals surface area contributed by atoms with Crippen molar-refractivity contribution in [2.75, 3.05) is 7.05 Å². The Morgan fingerprint density at radius 3 is 2.65 bits per heavy atom. The maximum atomic E-state index is 13.6. The lowest BCUT2D eigenvalue weighted by atomic mass is 10.0. The number of hydrogen-bond donors (Lipinski definition) is 1. The Kier molecular flexibility index (Phi) is 5.59. The number of rotatable bonds is 6. The maximum absolute atomic E-state index is 13.6. The number of amides is 2. The van der Waals surface area contributed by atoms with Crippen molar-refractivity contribution in [3.63, 3.8) is 0 Å². The minimum atomic E-state index is -1.12. The molecule has 4 rings (SSSR count). The zero-order valence-corrected chi connectivity index (χ0v) is 17.3. The van der Waals surface area contributed by atoms with Gasteiger partial charge in [0.2, 0.25) is 5.91 Å². The molecule has 4 aromatic rings. The Morgan fingerprint density at radius 1 is 1.16 bits per heavy atom. The Balaban J connectivity index is 1.58. The average Bonchev–Trinajstić information content (AvgIpc) is 3.43. The molecule has 2 amide bonds. The minimum absolute atomic E-state index is 0.164. The molecule has 0 saturated carbocycles. The van der Waals surface area contributed by atoms with E-state index in [0.29, 0.717) is 10.6 Å². The Morgan fingerprint density at radius 2 is 1.94 bits per heavy atom. The number of thiazole rings is 1. The molecule has 2 N–H and O–H groups in total. The first-order valence-electron chi connectivity index (χ1n) is 9.32. The van der Waals surface area contributed by atoms with E-state index in [1.807, 2.05) is 36.5 Å². The van der Waals surface area contributed by atoms with Crippen LogP contribution in [0.2, 0.25) is 0 Å². The van der Waals surface area contributed by atoms with E-state index in [9.17, 15) is 14.0 Å². The van der Waals surface area contributed by atoms with Gasteiger partial charge in [-0.15, -0.1) is 11.3 Å². The van der Waals surface area contributed by atoms with Gasteiger partial charge in [-0.05, 0) is 29.8 Å². The van der Waals surface area contributed by atoms with Crippen LogP contribution in [0.5, 0.6) is 0 Å². The SMILES string of the molecule is CN(C(=O)c1csc(-c2cnn(-c3ccccc3)c2)n1)C(C(N)=O)c1cccc(F)c1. The summed E-state index contributed by atoms with van der Waals surface area (Å²) in [6.07, 6.45) is 3.49. The van der Waals surface area contributed by atoms with Gasteiger partial charge in [0.05, 0.1) is 11.9 Å². The molecule has 2 aromatic heterocycles. The van der Waals surface area contributed by atoms with E-state index in [4.69, 9.17) is 5.73 Å². The predicted octanol–water partition coefficient (Wildman–Crippen LogP) is 3.43. The summed E-state index contributed by atoms with van der Waals surface area (Å²) in [4.78, 5) is 30.6. The van der Waals surface area contributed by atoms with Gasteiger partial charge in [0.25, 0.3) is 5.91 Å². The van der Waals surface area contributed by atoms with Crippen LogP contribution in [0.25, 0.3) is 16.3 Å². The molecule has 0 saturated heterocycles. The summed E-state index contributed by atoms with van der Waals surface area (Å²) in [6, 6.07) is 14.0. The largest absolute Gasteiger partial charge is 0.368 e. The quantitative estimate of drug-likeness (QED) is 0.502. The van der Waals surface area contributed by atoms with Gasteiger partial charge in [0.15, 0.2) is 0 Å². The van der Waals surface area contributed by atoms with Crippen LogP contribution in [0.3, 0.4) is 0 Å². The van der Waals surface area contributed by atoms with Crippen molar-refractivity contribution < 1.29 is 14.0 Å². The third kappa shape index (κ3) is 4.22. The standard InChI is InChI=1S/C22H18FN5O2S/c1-27(19(20(24)29)14-6-5-7-16(23)10-14)22(30)18-13-31-21(26-18)15-11-25-28(12-15)17-8-3-2-4-9-17/h2-13,19H,1H3,(H2,24,29). The second-order valence-corrected chi connectivity index (χ2v) is 7.68. The van der Waals surface area contributed by atoms with Gasteiger partial charge in [-0.3, -0.25) is 9.59 Å². The first-order chi connectivity index (χ1) is 14.9. The first-order valence-corrected chi connectivity index (χ1v) is 10.2. The number of likely N-dealkylation sites (N-methyl/N-ethyl adjacent to an activating group) is 1. The van der Waals surface area contributed by atoms with Gasteiger partial charge in [-0.2, -0.15) is 5.10 Å². The smallest absolute Gasteiger partial charge is 0.274 e. The fraction of sp³-hybridized carbons (Fsp3) is 0.0909. The number of carbonyl (C=O) groups is 2. The lowest BCUT2D eigenvalue weighted by Crippen LogP contribution is -2.39. The van der Waals surface area contributed by atoms with Crippen LogP contribution < -0.4 is 5.73 Å². The fourth-order valence-corrected chi connectivity index (χ4v) is 3.98. The average molecular weight is 435 g/mol. The molecule has 0 aliphatic carbocycles. The van der Waals surface area contributed by atoms with Crippen LogP contribution >= 0.6 is 11.3 Å². The summed E-state index contributed by atoms with van der Waals surface area (Å²) >= 11 is 1.29. The van der Waals surface area contributed by atoms with Crippen LogP contribution in [0.15, 0.2) is 72.4 Å². The summed E-state index contributed by atoms with van der Waals surface area (Å²) < 4.78 is 15.3. The second-order valence-electron chi connectivity index (χ2n) is 6.82. The van der Waals surface area contributed by atoms with E-state index < -0.39 is 23.7 Å². The summed E-state index contributed by atoms with van der Waals surface area (Å²) in [7, 11) is 1.44. The highest BCUT2D eigenvalue weighted by Gasteiger charge is 2.29. The van der Waals surface area contributed by atoms with E-state index in [1.165, 1.54) is 41.5 Å². The maximum Gasteiger partial charge on any atom is 0.274 e. The van der Waals surface area contributed by atoms with Crippen molar-refractivity contribution in [1.29, 1.82) is 0 Å². The molecule has 31 heavy (non-hydrogen) atoms. The van der Waals surface area contributed by atoms with Crippen LogP contribution in [-0.2, 0) is 4.79 Å². The molecule has 2 heterocycles. The molecule has 2 aromatic carbocycles. The molecule has 9 heteroatoms. The molecular weight excluding hydrogens is 417 g/mol. The minimum Gasteiger partial charge on any atom is -0.368 e. The van der Waals surface area contributed by atoms with E-state index in [2.05, 4.69) is 10.1 Å². The summed E-state index contributed by atoms with van der Waals surface area (Å²) in [6.45, 7) is 0. The number of carbonyl (C=O) groups excluding carboxylic acids is 2. The van der Waals surface area contributed by atoms with Gasteiger partial charge < -0.3 is 10.6 Å². The predicted molar refractivity (Wildman–Crippen MR) is 115 cm³/mol. The number of nitrogens with two attached hydrogens (primary N) is 1. The third-order valence-electron chi connectivity index (χ3n) is 4.72. The van der Waals surface area contributed by atoms with Gasteiger partial charge >= 0.3 is 0 Å². The van der Waals surface area contributed by atoms with Crippen LogP contribution in [0, 0.1) is 5.82 Å². The van der Waals surface area contributed by atoms with E-state index in [-0.39, 0.29) is 5.69 Å². The number of benzene rings is 2. The van der Waals surface area contributed by atoms with Crippen molar-refractivity contribution in [2.24, 2.45) is 5.73 Å². The van der Waals surface area contributed by atoms with Crippen molar-refractivity contribution in [3.8, 4) is 16.3 Å². The van der Waals surface area contributed by atoms with Crippen molar-refractivity contribution in [1.82, 2.24) is 19.7 Å². The molecule has 0 bridgehead atoms. The molecule has 156 valence electrons. The summed E-state index contributed by atoms with van der Waals surface area (Å²) in [5.41, 5.74) is 7.62. The fourth-order valence-electron chi connectivity index (χ4n) is 3.21. The third-order valence-corrected chi connectivity index (χ3v) is 5.61. The molecule has 1 atom stereocenters. The zero-order valence-electron chi connectivity index (χ0n) is 16.5. The number of halogens is 1. The topological polar surface area (TPSA) is 94.1 Å². The molecule has 0 fully saturated rings. The number of aromatic nitrogens is 3. The zero-order chi connectivity index (χ0) is 22.0. The molecule has 0 aliphatic rings.